The second kappa shape index (κ2) is 7.89. The van der Waals surface area contributed by atoms with Crippen LogP contribution >= 0.6 is 0 Å². The highest BCUT2D eigenvalue weighted by molar-refractivity contribution is 5.35. The minimum Gasteiger partial charge on any atom is -0.368 e. The summed E-state index contributed by atoms with van der Waals surface area (Å²) < 4.78 is 1.99. The van der Waals surface area contributed by atoms with Crippen LogP contribution in [-0.4, -0.2) is 24.5 Å². The molecule has 23 heavy (non-hydrogen) atoms. The molecule has 2 aromatic heterocycles. The molecule has 2 heterocycles. The Labute approximate surface area is 137 Å². The van der Waals surface area contributed by atoms with E-state index in [2.05, 4.69) is 33.8 Å². The Kier molecular flexibility index (Phi) is 5.90. The van der Waals surface area contributed by atoms with Gasteiger partial charge < -0.3 is 11.5 Å². The number of aryl methyl sites for hydroxylation is 2. The summed E-state index contributed by atoms with van der Waals surface area (Å²) in [5, 5.41) is 0. The minimum absolute atomic E-state index is 0.134. The Balaban J connectivity index is 2.29. The second-order valence-electron chi connectivity index (χ2n) is 5.77. The predicted molar refractivity (Wildman–Crippen MR) is 92.4 cm³/mol. The van der Waals surface area contributed by atoms with Gasteiger partial charge in [0.2, 0.25) is 17.8 Å². The van der Waals surface area contributed by atoms with Crippen LogP contribution in [0.5, 0.6) is 0 Å². The van der Waals surface area contributed by atoms with Gasteiger partial charge in [0.05, 0.1) is 5.69 Å². The van der Waals surface area contributed by atoms with E-state index in [9.17, 15) is 0 Å². The molecule has 0 bridgehead atoms. The first-order valence-corrected chi connectivity index (χ1v) is 8.41. The van der Waals surface area contributed by atoms with Crippen LogP contribution in [0.25, 0.3) is 5.95 Å². The van der Waals surface area contributed by atoms with Crippen LogP contribution in [-0.2, 0) is 12.8 Å². The third kappa shape index (κ3) is 4.18. The van der Waals surface area contributed by atoms with Crippen molar-refractivity contribution in [2.45, 2.75) is 65.7 Å². The van der Waals surface area contributed by atoms with Gasteiger partial charge in [-0.3, -0.25) is 4.57 Å². The quantitative estimate of drug-likeness (QED) is 0.724. The molecule has 4 N–H and O–H groups in total. The van der Waals surface area contributed by atoms with E-state index in [1.165, 1.54) is 25.7 Å². The Morgan fingerprint density at radius 2 is 1.52 bits per heavy atom. The summed E-state index contributed by atoms with van der Waals surface area (Å²) in [7, 11) is 0. The van der Waals surface area contributed by atoms with Gasteiger partial charge in [-0.1, -0.05) is 39.5 Å². The summed E-state index contributed by atoms with van der Waals surface area (Å²) in [5.41, 5.74) is 13.6. The molecule has 7 nitrogen and oxygen atoms in total. The van der Waals surface area contributed by atoms with Crippen molar-refractivity contribution in [3.63, 3.8) is 0 Å². The number of imidazole rings is 1. The highest BCUT2D eigenvalue weighted by Crippen LogP contribution is 2.20. The van der Waals surface area contributed by atoms with Crippen molar-refractivity contribution >= 4 is 11.9 Å². The molecule has 0 saturated heterocycles. The molecule has 0 aliphatic carbocycles. The van der Waals surface area contributed by atoms with Crippen molar-refractivity contribution in [2.75, 3.05) is 11.5 Å². The van der Waals surface area contributed by atoms with Crippen LogP contribution in [0.1, 0.15) is 63.2 Å². The molecule has 0 aliphatic heterocycles. The number of aromatic nitrogens is 5. The first-order valence-electron chi connectivity index (χ1n) is 8.41. The zero-order valence-electron chi connectivity index (χ0n) is 14.3. The van der Waals surface area contributed by atoms with E-state index in [0.717, 1.165) is 36.5 Å². The van der Waals surface area contributed by atoms with Crippen LogP contribution in [0.15, 0.2) is 0 Å². The summed E-state index contributed by atoms with van der Waals surface area (Å²) >= 11 is 0. The van der Waals surface area contributed by atoms with Crippen molar-refractivity contribution in [1.82, 2.24) is 24.5 Å². The van der Waals surface area contributed by atoms with E-state index in [1.807, 2.05) is 11.5 Å². The lowest BCUT2D eigenvalue weighted by atomic mass is 10.1. The highest BCUT2D eigenvalue weighted by Gasteiger charge is 2.17. The third-order valence-corrected chi connectivity index (χ3v) is 3.93. The maximum atomic E-state index is 5.72. The van der Waals surface area contributed by atoms with E-state index in [0.29, 0.717) is 5.95 Å². The zero-order chi connectivity index (χ0) is 16.8. The largest absolute Gasteiger partial charge is 0.368 e. The molecule has 7 heteroatoms. The fraction of sp³-hybridized carbons (Fsp3) is 0.625. The fourth-order valence-electron chi connectivity index (χ4n) is 2.78. The fourth-order valence-corrected chi connectivity index (χ4v) is 2.78. The Morgan fingerprint density at radius 1 is 0.870 bits per heavy atom. The lowest BCUT2D eigenvalue weighted by Gasteiger charge is -2.11. The van der Waals surface area contributed by atoms with Crippen LogP contribution in [0.4, 0.5) is 11.9 Å². The molecule has 0 saturated carbocycles. The van der Waals surface area contributed by atoms with Gasteiger partial charge in [-0.15, -0.1) is 0 Å². The molecule has 0 amide bonds. The van der Waals surface area contributed by atoms with Gasteiger partial charge in [-0.05, 0) is 19.8 Å². The van der Waals surface area contributed by atoms with Gasteiger partial charge in [0.15, 0.2) is 0 Å². The van der Waals surface area contributed by atoms with Gasteiger partial charge in [0.1, 0.15) is 5.82 Å². The number of anilines is 2. The smallest absolute Gasteiger partial charge is 0.241 e. The van der Waals surface area contributed by atoms with E-state index < -0.39 is 0 Å². The van der Waals surface area contributed by atoms with Crippen molar-refractivity contribution < 1.29 is 0 Å². The van der Waals surface area contributed by atoms with Gasteiger partial charge in [-0.25, -0.2) is 4.98 Å². The number of rotatable bonds is 8. The molecule has 0 atom stereocenters. The SMILES string of the molecule is CCCCCCCc1c(C)nc(CC)n1-c1nc(N)nc(N)n1. The molecular formula is C16H27N7. The standard InChI is InChI=1S/C16H27N7/c1-4-6-7-8-9-10-12-11(3)19-13(5-2)23(12)16-21-14(17)20-15(18)22-16/h4-10H2,1-3H3,(H4,17,18,20,21,22). The number of hydrogen-bond donors (Lipinski definition) is 2. The van der Waals surface area contributed by atoms with E-state index in [1.54, 1.807) is 0 Å². The lowest BCUT2D eigenvalue weighted by molar-refractivity contribution is 0.621. The summed E-state index contributed by atoms with van der Waals surface area (Å²) in [5.74, 6) is 1.66. The number of nitrogens with two attached hydrogens (primary N) is 2. The van der Waals surface area contributed by atoms with Crippen molar-refractivity contribution in [3.8, 4) is 5.95 Å². The maximum Gasteiger partial charge on any atom is 0.241 e. The number of hydrogen-bond acceptors (Lipinski definition) is 6. The minimum atomic E-state index is 0.134. The second-order valence-corrected chi connectivity index (χ2v) is 5.77. The van der Waals surface area contributed by atoms with E-state index >= 15 is 0 Å². The van der Waals surface area contributed by atoms with E-state index in [-0.39, 0.29) is 11.9 Å². The first kappa shape index (κ1) is 17.2. The molecular weight excluding hydrogens is 290 g/mol. The lowest BCUT2D eigenvalue weighted by Crippen LogP contribution is -2.13. The Hall–Kier alpha value is -2.18. The van der Waals surface area contributed by atoms with Crippen molar-refractivity contribution in [1.29, 1.82) is 0 Å². The highest BCUT2D eigenvalue weighted by atomic mass is 15.3. The number of nitrogen functional groups attached to an aromatic ring is 2. The number of unbranched alkanes of at least 4 members (excludes halogenated alkanes) is 4. The molecule has 2 aromatic rings. The topological polar surface area (TPSA) is 109 Å². The monoisotopic (exact) mass is 317 g/mol. The van der Waals surface area contributed by atoms with Gasteiger partial charge in [0.25, 0.3) is 0 Å². The third-order valence-electron chi connectivity index (χ3n) is 3.93. The molecule has 2 rings (SSSR count). The van der Waals surface area contributed by atoms with E-state index in [4.69, 9.17) is 11.5 Å². The maximum absolute atomic E-state index is 5.72. The van der Waals surface area contributed by atoms with Crippen molar-refractivity contribution in [3.05, 3.63) is 17.2 Å². The van der Waals surface area contributed by atoms with Crippen molar-refractivity contribution in [2.24, 2.45) is 0 Å². The first-order chi connectivity index (χ1) is 11.1. The van der Waals surface area contributed by atoms with Crippen LogP contribution in [0.3, 0.4) is 0 Å². The molecule has 0 unspecified atom stereocenters. The molecule has 0 radical (unpaired) electrons. The average Bonchev–Trinajstić information content (AvgIpc) is 2.82. The van der Waals surface area contributed by atoms with Crippen LogP contribution in [0.2, 0.25) is 0 Å². The molecule has 0 fully saturated rings. The number of nitrogens with zero attached hydrogens (tertiary/aromatic N) is 5. The summed E-state index contributed by atoms with van der Waals surface area (Å²) in [6, 6.07) is 0. The Bertz CT molecular complexity index is 628. The predicted octanol–water partition coefficient (Wildman–Crippen LogP) is 2.61. The van der Waals surface area contributed by atoms with Gasteiger partial charge in [-0.2, -0.15) is 15.0 Å². The molecule has 126 valence electrons. The molecule has 0 aromatic carbocycles. The summed E-state index contributed by atoms with van der Waals surface area (Å²) in [4.78, 5) is 17.0. The van der Waals surface area contributed by atoms with Gasteiger partial charge in [0, 0.05) is 12.1 Å². The molecule has 0 aliphatic rings. The summed E-state index contributed by atoms with van der Waals surface area (Å²) in [6.07, 6.45) is 7.92. The normalized spacial score (nSPS) is 11.1. The summed E-state index contributed by atoms with van der Waals surface area (Å²) in [6.45, 7) is 6.32. The van der Waals surface area contributed by atoms with Crippen LogP contribution < -0.4 is 11.5 Å². The van der Waals surface area contributed by atoms with Crippen LogP contribution in [0, 0.1) is 6.92 Å². The van der Waals surface area contributed by atoms with Gasteiger partial charge >= 0.3 is 0 Å². The zero-order valence-corrected chi connectivity index (χ0v) is 14.3. The molecule has 0 spiro atoms. The average molecular weight is 317 g/mol. The Morgan fingerprint density at radius 3 is 2.13 bits per heavy atom.